The van der Waals surface area contributed by atoms with Crippen LogP contribution in [0, 0.1) is 17.2 Å². The molecule has 0 unspecified atom stereocenters. The van der Waals surface area contributed by atoms with Crippen molar-refractivity contribution in [3.8, 4) is 6.07 Å². The summed E-state index contributed by atoms with van der Waals surface area (Å²) in [5.41, 5.74) is 0. The molecule has 68 valence electrons. The van der Waals surface area contributed by atoms with E-state index in [-0.39, 0.29) is 6.42 Å². The fraction of sp³-hybridized carbons (Fsp3) is 0.889. The number of nitriles is 1. The molecule has 1 aliphatic rings. The van der Waals surface area contributed by atoms with Gasteiger partial charge < -0.3 is 0 Å². The Labute approximate surface area is 83.7 Å². The molecule has 0 saturated heterocycles. The topological polar surface area (TPSA) is 23.8 Å². The first-order valence-corrected chi connectivity index (χ1v) is 5.17. The molecule has 0 aromatic rings. The van der Waals surface area contributed by atoms with Crippen molar-refractivity contribution < 1.29 is 0 Å². The molecule has 3 heteroatoms. The molecule has 1 fully saturated rings. The van der Waals surface area contributed by atoms with Crippen LogP contribution in [0.4, 0.5) is 0 Å². The average molecular weight is 206 g/mol. The lowest BCUT2D eigenvalue weighted by atomic mass is 9.85. The SMILES string of the molecule is N#CCC(Cl)(Cl)C1CCCCC1. The summed E-state index contributed by atoms with van der Waals surface area (Å²) in [6.45, 7) is 0. The lowest BCUT2D eigenvalue weighted by Crippen LogP contribution is -2.27. The van der Waals surface area contributed by atoms with Gasteiger partial charge in [-0.3, -0.25) is 0 Å². The molecule has 1 rings (SSSR count). The highest BCUT2D eigenvalue weighted by molar-refractivity contribution is 6.48. The molecular weight excluding hydrogens is 193 g/mol. The molecule has 0 aromatic carbocycles. The van der Waals surface area contributed by atoms with Crippen LogP contribution in [-0.4, -0.2) is 4.33 Å². The first-order chi connectivity index (χ1) is 5.67. The molecule has 0 bridgehead atoms. The Bertz CT molecular complexity index is 177. The second-order valence-corrected chi connectivity index (χ2v) is 4.97. The number of nitrogens with zero attached hydrogens (tertiary/aromatic N) is 1. The van der Waals surface area contributed by atoms with Gasteiger partial charge >= 0.3 is 0 Å². The van der Waals surface area contributed by atoms with Crippen molar-refractivity contribution >= 4 is 23.2 Å². The van der Waals surface area contributed by atoms with Crippen molar-refractivity contribution in [2.45, 2.75) is 42.9 Å². The van der Waals surface area contributed by atoms with Crippen LogP contribution >= 0.6 is 23.2 Å². The van der Waals surface area contributed by atoms with Gasteiger partial charge in [-0.15, -0.1) is 23.2 Å². The van der Waals surface area contributed by atoms with E-state index in [2.05, 4.69) is 0 Å². The van der Waals surface area contributed by atoms with Gasteiger partial charge in [0.1, 0.15) is 4.33 Å². The molecule has 12 heavy (non-hydrogen) atoms. The molecule has 0 aliphatic heterocycles. The van der Waals surface area contributed by atoms with Crippen LogP contribution in [0.25, 0.3) is 0 Å². The molecule has 0 atom stereocenters. The lowest BCUT2D eigenvalue weighted by molar-refractivity contribution is 0.327. The highest BCUT2D eigenvalue weighted by Gasteiger charge is 2.35. The van der Waals surface area contributed by atoms with E-state index in [1.54, 1.807) is 0 Å². The van der Waals surface area contributed by atoms with E-state index in [0.717, 1.165) is 12.8 Å². The van der Waals surface area contributed by atoms with Gasteiger partial charge in [0.05, 0.1) is 12.5 Å². The Morgan fingerprint density at radius 3 is 2.33 bits per heavy atom. The highest BCUT2D eigenvalue weighted by Crippen LogP contribution is 2.41. The van der Waals surface area contributed by atoms with E-state index in [9.17, 15) is 0 Å². The maximum Gasteiger partial charge on any atom is 0.134 e. The number of hydrogen-bond acceptors (Lipinski definition) is 1. The van der Waals surface area contributed by atoms with Crippen LogP contribution in [0.2, 0.25) is 0 Å². The van der Waals surface area contributed by atoms with Gasteiger partial charge in [0, 0.05) is 0 Å². The molecule has 0 N–H and O–H groups in total. The van der Waals surface area contributed by atoms with E-state index in [1.165, 1.54) is 19.3 Å². The maximum atomic E-state index is 8.51. The van der Waals surface area contributed by atoms with Gasteiger partial charge in [0.25, 0.3) is 0 Å². The molecule has 0 radical (unpaired) electrons. The Balaban J connectivity index is 2.48. The molecule has 0 aromatic heterocycles. The van der Waals surface area contributed by atoms with Gasteiger partial charge in [0.15, 0.2) is 0 Å². The maximum absolute atomic E-state index is 8.51. The smallest absolute Gasteiger partial charge is 0.134 e. The second-order valence-electron chi connectivity index (χ2n) is 3.43. The molecule has 0 amide bonds. The number of hydrogen-bond donors (Lipinski definition) is 0. The van der Waals surface area contributed by atoms with E-state index in [0.29, 0.717) is 5.92 Å². The highest BCUT2D eigenvalue weighted by atomic mass is 35.5. The predicted molar refractivity (Wildman–Crippen MR) is 51.2 cm³/mol. The first kappa shape index (κ1) is 10.2. The van der Waals surface area contributed by atoms with Crippen LogP contribution in [0.3, 0.4) is 0 Å². The molecule has 0 heterocycles. The minimum absolute atomic E-state index is 0.251. The zero-order valence-corrected chi connectivity index (χ0v) is 8.53. The Morgan fingerprint density at radius 2 is 1.83 bits per heavy atom. The van der Waals surface area contributed by atoms with Crippen molar-refractivity contribution in [2.75, 3.05) is 0 Å². The molecule has 1 nitrogen and oxygen atoms in total. The van der Waals surface area contributed by atoms with Crippen molar-refractivity contribution in [1.29, 1.82) is 5.26 Å². The number of rotatable bonds is 2. The average Bonchev–Trinajstić information content (AvgIpc) is 2.06. The van der Waals surface area contributed by atoms with Crippen LogP contribution in [0.1, 0.15) is 38.5 Å². The summed E-state index contributed by atoms with van der Waals surface area (Å²) in [7, 11) is 0. The van der Waals surface area contributed by atoms with Crippen molar-refractivity contribution in [3.05, 3.63) is 0 Å². The van der Waals surface area contributed by atoms with Crippen LogP contribution in [0.15, 0.2) is 0 Å². The third-order valence-electron chi connectivity index (χ3n) is 2.52. The second kappa shape index (κ2) is 4.35. The summed E-state index contributed by atoms with van der Waals surface area (Å²) in [4.78, 5) is 0. The summed E-state index contributed by atoms with van der Waals surface area (Å²) in [6, 6.07) is 2.04. The zero-order valence-electron chi connectivity index (χ0n) is 7.02. The summed E-state index contributed by atoms with van der Waals surface area (Å²) in [5, 5.41) is 8.51. The number of alkyl halides is 2. The van der Waals surface area contributed by atoms with Crippen LogP contribution in [0.5, 0.6) is 0 Å². The minimum Gasteiger partial charge on any atom is -0.198 e. The Morgan fingerprint density at radius 1 is 1.25 bits per heavy atom. The quantitative estimate of drug-likeness (QED) is 0.632. The normalized spacial score (nSPS) is 20.4. The standard InChI is InChI=1S/C9H13Cl2N/c10-9(11,6-7-12)8-4-2-1-3-5-8/h8H,1-6H2. The van der Waals surface area contributed by atoms with Gasteiger partial charge in [0.2, 0.25) is 0 Å². The van der Waals surface area contributed by atoms with Gasteiger partial charge in [-0.1, -0.05) is 19.3 Å². The van der Waals surface area contributed by atoms with Crippen LogP contribution < -0.4 is 0 Å². The fourth-order valence-electron chi connectivity index (χ4n) is 1.77. The summed E-state index contributed by atoms with van der Waals surface area (Å²) in [6.07, 6.45) is 6.10. The zero-order chi connectivity index (χ0) is 9.03. The third kappa shape index (κ3) is 2.54. The first-order valence-electron chi connectivity index (χ1n) is 4.41. The van der Waals surface area contributed by atoms with E-state index < -0.39 is 4.33 Å². The van der Waals surface area contributed by atoms with Crippen molar-refractivity contribution in [3.63, 3.8) is 0 Å². The predicted octanol–water partition coefficient (Wildman–Crippen LogP) is 3.65. The number of halogens is 2. The Hall–Kier alpha value is 0.0700. The third-order valence-corrected chi connectivity index (χ3v) is 3.40. The molecule has 0 spiro atoms. The Kier molecular flexibility index (Phi) is 3.68. The van der Waals surface area contributed by atoms with E-state index in [4.69, 9.17) is 28.5 Å². The van der Waals surface area contributed by atoms with Crippen molar-refractivity contribution in [1.82, 2.24) is 0 Å². The van der Waals surface area contributed by atoms with Crippen LogP contribution in [-0.2, 0) is 0 Å². The van der Waals surface area contributed by atoms with Gasteiger partial charge in [-0.05, 0) is 18.8 Å². The molecule has 1 aliphatic carbocycles. The van der Waals surface area contributed by atoms with Gasteiger partial charge in [-0.25, -0.2) is 0 Å². The summed E-state index contributed by atoms with van der Waals surface area (Å²) >= 11 is 12.1. The lowest BCUT2D eigenvalue weighted by Gasteiger charge is -2.30. The molecular formula is C9H13Cl2N. The molecule has 1 saturated carbocycles. The fourth-order valence-corrected chi connectivity index (χ4v) is 2.33. The van der Waals surface area contributed by atoms with Crippen molar-refractivity contribution in [2.24, 2.45) is 5.92 Å². The largest absolute Gasteiger partial charge is 0.198 e. The van der Waals surface area contributed by atoms with Gasteiger partial charge in [-0.2, -0.15) is 5.26 Å². The summed E-state index contributed by atoms with van der Waals surface area (Å²) in [5.74, 6) is 0.328. The van der Waals surface area contributed by atoms with E-state index in [1.807, 2.05) is 6.07 Å². The van der Waals surface area contributed by atoms with E-state index >= 15 is 0 Å². The monoisotopic (exact) mass is 205 g/mol. The summed E-state index contributed by atoms with van der Waals surface area (Å²) < 4.78 is -0.796. The minimum atomic E-state index is -0.796.